The molecular formula is C20H20N2O3S. The molecule has 2 aromatic heterocycles. The van der Waals surface area contributed by atoms with Crippen LogP contribution in [0.25, 0.3) is 17.1 Å². The first kappa shape index (κ1) is 13.6. The fraction of sp³-hybridized carbons (Fsp3) is 0.300. The van der Waals surface area contributed by atoms with Crippen molar-refractivity contribution in [2.45, 2.75) is 33.0 Å². The first-order chi connectivity index (χ1) is 13.6. The molecule has 1 aliphatic heterocycles. The number of aromatic carboxylic acids is 1. The number of nitrogens with zero attached hydrogens (tertiary/aromatic N) is 2. The lowest BCUT2D eigenvalue weighted by molar-refractivity contribution is 0.0689. The maximum Gasteiger partial charge on any atom is 0.356 e. The van der Waals surface area contributed by atoms with Gasteiger partial charge in [0.1, 0.15) is 11.6 Å². The smallest absolute Gasteiger partial charge is 0.356 e. The summed E-state index contributed by atoms with van der Waals surface area (Å²) >= 11 is 1.43. The van der Waals surface area contributed by atoms with Crippen molar-refractivity contribution in [1.82, 2.24) is 9.55 Å². The zero-order valence-corrected chi connectivity index (χ0v) is 15.2. The summed E-state index contributed by atoms with van der Waals surface area (Å²) in [7, 11) is 0. The van der Waals surface area contributed by atoms with Crippen LogP contribution in [0.5, 0.6) is 5.75 Å². The minimum atomic E-state index is -2.30. The molecule has 0 spiro atoms. The highest BCUT2D eigenvalue weighted by Gasteiger charge is 2.29. The van der Waals surface area contributed by atoms with Crippen molar-refractivity contribution in [2.75, 3.05) is 0 Å². The number of hydrogen-bond donors (Lipinski definition) is 2. The molecule has 1 aromatic carbocycles. The van der Waals surface area contributed by atoms with Crippen LogP contribution in [0.3, 0.4) is 0 Å². The normalized spacial score (nSPS) is 19.3. The van der Waals surface area contributed by atoms with E-state index in [1.165, 1.54) is 22.0 Å². The number of aromatic hydroxyl groups is 1. The Balaban J connectivity index is 2.10. The third-order valence-electron chi connectivity index (χ3n) is 4.32. The Bertz CT molecular complexity index is 1110. The van der Waals surface area contributed by atoms with E-state index >= 15 is 0 Å². The fourth-order valence-corrected chi connectivity index (χ4v) is 3.85. The predicted octanol–water partition coefficient (Wildman–Crippen LogP) is 4.30. The van der Waals surface area contributed by atoms with Crippen molar-refractivity contribution in [3.05, 3.63) is 51.5 Å². The van der Waals surface area contributed by atoms with E-state index in [1.807, 2.05) is 24.6 Å². The largest absolute Gasteiger partial charge is 0.508 e. The molecule has 0 bridgehead atoms. The Morgan fingerprint density at radius 2 is 2.27 bits per heavy atom. The molecule has 1 atom stereocenters. The summed E-state index contributed by atoms with van der Waals surface area (Å²) in [5, 5.41) is 23.8. The zero-order valence-electron chi connectivity index (χ0n) is 17.4. The van der Waals surface area contributed by atoms with Gasteiger partial charge in [-0.05, 0) is 59.8 Å². The van der Waals surface area contributed by atoms with Crippen molar-refractivity contribution in [3.63, 3.8) is 0 Å². The van der Waals surface area contributed by atoms with Crippen LogP contribution in [-0.4, -0.2) is 25.7 Å². The van der Waals surface area contributed by atoms with Crippen LogP contribution < -0.4 is 0 Å². The highest BCUT2D eigenvalue weighted by Crippen LogP contribution is 2.37. The van der Waals surface area contributed by atoms with Gasteiger partial charge in [0.15, 0.2) is 5.69 Å². The number of carbonyl (C=O) groups is 1. The van der Waals surface area contributed by atoms with Crippen molar-refractivity contribution in [2.24, 2.45) is 5.92 Å². The van der Waals surface area contributed by atoms with E-state index < -0.39 is 24.4 Å². The SMILES string of the molecule is [2H]C1c2cc(O)c(CC(C)C)cc2-n2c(-c3ccsc3)nc(C(=O)O)c2C1([2H])[2H]. The summed E-state index contributed by atoms with van der Waals surface area (Å²) in [6.07, 6.45) is -3.10. The van der Waals surface area contributed by atoms with E-state index in [0.29, 0.717) is 34.6 Å². The van der Waals surface area contributed by atoms with Crippen LogP contribution >= 0.6 is 11.3 Å². The van der Waals surface area contributed by atoms with Crippen LogP contribution in [0.15, 0.2) is 29.0 Å². The number of fused-ring (bicyclic) bond motifs is 3. The van der Waals surface area contributed by atoms with Gasteiger partial charge >= 0.3 is 5.97 Å². The lowest BCUT2D eigenvalue weighted by atomic mass is 9.94. The number of carboxylic acid groups (broad SMARTS) is 1. The lowest BCUT2D eigenvalue weighted by Gasteiger charge is -2.23. The molecule has 5 nitrogen and oxygen atoms in total. The van der Waals surface area contributed by atoms with E-state index in [0.717, 1.165) is 0 Å². The number of aromatic nitrogens is 2. The Labute approximate surface area is 159 Å². The van der Waals surface area contributed by atoms with Gasteiger partial charge in [0, 0.05) is 15.1 Å². The summed E-state index contributed by atoms with van der Waals surface area (Å²) in [6, 6.07) is 4.96. The molecule has 0 fully saturated rings. The molecular weight excluding hydrogens is 348 g/mol. The number of imidazole rings is 1. The Morgan fingerprint density at radius 3 is 2.92 bits per heavy atom. The zero-order chi connectivity index (χ0) is 21.1. The van der Waals surface area contributed by atoms with Gasteiger partial charge < -0.3 is 10.2 Å². The summed E-state index contributed by atoms with van der Waals surface area (Å²) in [4.78, 5) is 16.1. The highest BCUT2D eigenvalue weighted by atomic mass is 32.1. The molecule has 3 aromatic rings. The molecule has 2 N–H and O–H groups in total. The van der Waals surface area contributed by atoms with Crippen LogP contribution in [0.4, 0.5) is 0 Å². The molecule has 1 unspecified atom stereocenters. The second-order valence-electron chi connectivity index (χ2n) is 6.71. The summed E-state index contributed by atoms with van der Waals surface area (Å²) in [6.45, 7) is 4.04. The molecule has 0 aliphatic carbocycles. The van der Waals surface area contributed by atoms with Crippen LogP contribution in [0.1, 0.15) is 45.3 Å². The minimum Gasteiger partial charge on any atom is -0.508 e. The fourth-order valence-electron chi connectivity index (χ4n) is 3.22. The van der Waals surface area contributed by atoms with Gasteiger partial charge in [0.2, 0.25) is 0 Å². The molecule has 4 rings (SSSR count). The number of rotatable bonds is 4. The van der Waals surface area contributed by atoms with E-state index in [-0.39, 0.29) is 17.4 Å². The molecule has 1 aliphatic rings. The van der Waals surface area contributed by atoms with E-state index in [4.69, 9.17) is 4.11 Å². The molecule has 0 saturated carbocycles. The molecule has 134 valence electrons. The number of carboxylic acids is 1. The number of thiophene rings is 1. The maximum absolute atomic E-state index is 11.9. The highest BCUT2D eigenvalue weighted by molar-refractivity contribution is 7.08. The summed E-state index contributed by atoms with van der Waals surface area (Å²) < 4.78 is 27.1. The van der Waals surface area contributed by atoms with Crippen molar-refractivity contribution >= 4 is 17.3 Å². The number of phenols is 1. The van der Waals surface area contributed by atoms with E-state index in [1.54, 1.807) is 12.1 Å². The Hall–Kier alpha value is -2.60. The van der Waals surface area contributed by atoms with Crippen LogP contribution in [-0.2, 0) is 19.2 Å². The lowest BCUT2D eigenvalue weighted by Crippen LogP contribution is -2.15. The van der Waals surface area contributed by atoms with Gasteiger partial charge in [-0.25, -0.2) is 9.78 Å². The number of aryl methyl sites for hydroxylation is 1. The number of hydrogen-bond acceptors (Lipinski definition) is 4. The molecule has 3 heterocycles. The van der Waals surface area contributed by atoms with E-state index in [2.05, 4.69) is 4.98 Å². The second kappa shape index (κ2) is 6.29. The molecule has 0 saturated heterocycles. The van der Waals surface area contributed by atoms with Gasteiger partial charge in [-0.1, -0.05) is 13.8 Å². The third-order valence-corrected chi connectivity index (χ3v) is 5.00. The summed E-state index contributed by atoms with van der Waals surface area (Å²) in [5.74, 6) is -0.730. The Kier molecular flexibility index (Phi) is 3.28. The Morgan fingerprint density at radius 1 is 1.46 bits per heavy atom. The minimum absolute atomic E-state index is 0.0182. The third kappa shape index (κ3) is 2.70. The topological polar surface area (TPSA) is 75.3 Å². The van der Waals surface area contributed by atoms with Gasteiger partial charge in [0.05, 0.1) is 11.4 Å². The second-order valence-corrected chi connectivity index (χ2v) is 7.49. The first-order valence-corrected chi connectivity index (χ1v) is 9.24. The van der Waals surface area contributed by atoms with Gasteiger partial charge in [-0.2, -0.15) is 11.3 Å². The van der Waals surface area contributed by atoms with Crippen molar-refractivity contribution < 1.29 is 19.1 Å². The molecule has 0 radical (unpaired) electrons. The maximum atomic E-state index is 11.9. The predicted molar refractivity (Wildman–Crippen MR) is 101 cm³/mol. The van der Waals surface area contributed by atoms with Gasteiger partial charge in [0.25, 0.3) is 0 Å². The average molecular weight is 371 g/mol. The summed E-state index contributed by atoms with van der Waals surface area (Å²) in [5.41, 5.74) is 1.61. The van der Waals surface area contributed by atoms with Crippen LogP contribution in [0, 0.1) is 5.92 Å². The van der Waals surface area contributed by atoms with Crippen molar-refractivity contribution in [1.29, 1.82) is 0 Å². The van der Waals surface area contributed by atoms with Gasteiger partial charge in [-0.15, -0.1) is 0 Å². The molecule has 0 amide bonds. The first-order valence-electron chi connectivity index (χ1n) is 9.88. The monoisotopic (exact) mass is 371 g/mol. The number of benzene rings is 1. The van der Waals surface area contributed by atoms with Crippen molar-refractivity contribution in [3.8, 4) is 22.8 Å². The quantitative estimate of drug-likeness (QED) is 0.717. The molecule has 26 heavy (non-hydrogen) atoms. The standard InChI is InChI=1S/C20H20N2O3S/c1-11(2)7-14-8-16-12(9-17(14)23)3-4-15-18(20(24)25)21-19(22(15)16)13-5-6-26-10-13/h5-6,8-11,23H,3-4,7H2,1-2H3,(H,24,25)/i3D,4D2. The van der Waals surface area contributed by atoms with Crippen LogP contribution in [0.2, 0.25) is 0 Å². The number of phenolic OH excluding ortho intramolecular Hbond substituents is 1. The van der Waals surface area contributed by atoms with Gasteiger partial charge in [-0.3, -0.25) is 4.57 Å². The molecule has 6 heteroatoms. The van der Waals surface area contributed by atoms with E-state index in [9.17, 15) is 15.0 Å². The average Bonchev–Trinajstić information content (AvgIpc) is 3.28.